The van der Waals surface area contributed by atoms with Crippen LogP contribution in [0.25, 0.3) is 5.65 Å². The molecule has 6 heteroatoms. The number of carbonyl (C=O) groups is 1. The first-order valence-corrected chi connectivity index (χ1v) is 11.6. The molecule has 2 fully saturated rings. The van der Waals surface area contributed by atoms with Gasteiger partial charge in [-0.2, -0.15) is 0 Å². The van der Waals surface area contributed by atoms with Gasteiger partial charge in [-0.15, -0.1) is 0 Å². The second-order valence-electron chi connectivity index (χ2n) is 9.11. The maximum absolute atomic E-state index is 13.2. The van der Waals surface area contributed by atoms with E-state index in [1.807, 2.05) is 46.8 Å². The molecule has 0 unspecified atom stereocenters. The Morgan fingerprint density at radius 1 is 1.22 bits per heavy atom. The lowest BCUT2D eigenvalue weighted by Gasteiger charge is -2.48. The number of amides is 1. The van der Waals surface area contributed by atoms with Crippen molar-refractivity contribution in [2.75, 3.05) is 19.7 Å². The summed E-state index contributed by atoms with van der Waals surface area (Å²) in [4.78, 5) is 19.6. The van der Waals surface area contributed by atoms with E-state index in [-0.39, 0.29) is 23.7 Å². The van der Waals surface area contributed by atoms with Gasteiger partial charge in [-0.05, 0) is 49.9 Å². The molecule has 0 radical (unpaired) electrons. The number of aryl methyl sites for hydroxylation is 1. The van der Waals surface area contributed by atoms with Crippen molar-refractivity contribution < 1.29 is 14.3 Å². The predicted molar refractivity (Wildman–Crippen MR) is 123 cm³/mol. The van der Waals surface area contributed by atoms with Gasteiger partial charge in [0.1, 0.15) is 11.3 Å². The number of hydrogen-bond acceptors (Lipinski definition) is 4. The Balaban J connectivity index is 1.30. The van der Waals surface area contributed by atoms with E-state index in [4.69, 9.17) is 9.47 Å². The van der Waals surface area contributed by atoms with Crippen LogP contribution in [0.4, 0.5) is 0 Å². The Morgan fingerprint density at radius 2 is 2.00 bits per heavy atom. The van der Waals surface area contributed by atoms with Crippen LogP contribution in [0.5, 0.6) is 0 Å². The standard InChI is InChI=1S/C26H31N3O3/c1-3-31-21-16-23(20-7-5-4-6-8-20)32-26(17-21)10-13-28(14-11-26)25(30)22-18-29-12-9-19(2)15-24(29)27-22/h4-9,12,15,18,21,23H,3,10-11,13-14,16-17H2,1-2H3/t21-,23-/m0/s1. The highest BCUT2D eigenvalue weighted by atomic mass is 16.5. The zero-order valence-electron chi connectivity index (χ0n) is 18.9. The molecular formula is C26H31N3O3. The number of likely N-dealkylation sites (tertiary alicyclic amines) is 1. The van der Waals surface area contributed by atoms with Crippen molar-refractivity contribution in [3.8, 4) is 0 Å². The number of rotatable bonds is 4. The maximum atomic E-state index is 13.2. The van der Waals surface area contributed by atoms with Gasteiger partial charge in [0.15, 0.2) is 0 Å². The molecule has 4 heterocycles. The molecule has 3 aromatic rings. The van der Waals surface area contributed by atoms with Crippen LogP contribution < -0.4 is 0 Å². The SMILES string of the molecule is CCO[C@H]1C[C@@H](c2ccccc2)OC2(CCN(C(=O)c3cn4ccc(C)cc4n3)CC2)C1. The molecule has 1 spiro atoms. The first-order valence-electron chi connectivity index (χ1n) is 11.6. The number of benzene rings is 1. The molecule has 2 atom stereocenters. The molecule has 1 aromatic carbocycles. The van der Waals surface area contributed by atoms with Crippen LogP contribution >= 0.6 is 0 Å². The molecule has 0 N–H and O–H groups in total. The first kappa shape index (κ1) is 21.2. The summed E-state index contributed by atoms with van der Waals surface area (Å²) in [6, 6.07) is 14.4. The smallest absolute Gasteiger partial charge is 0.274 e. The summed E-state index contributed by atoms with van der Waals surface area (Å²) < 4.78 is 14.7. The van der Waals surface area contributed by atoms with Gasteiger partial charge in [-0.1, -0.05) is 30.3 Å². The lowest BCUT2D eigenvalue weighted by Crippen LogP contribution is -2.52. The largest absolute Gasteiger partial charge is 0.378 e. The summed E-state index contributed by atoms with van der Waals surface area (Å²) in [5.74, 6) is -0.00187. The van der Waals surface area contributed by atoms with Crippen molar-refractivity contribution in [2.45, 2.75) is 57.3 Å². The number of imidazole rings is 1. The molecule has 2 aromatic heterocycles. The van der Waals surface area contributed by atoms with E-state index in [0.717, 1.165) is 36.9 Å². The Bertz CT molecular complexity index is 1090. The molecule has 1 amide bonds. The number of pyridine rings is 1. The molecule has 0 aliphatic carbocycles. The zero-order chi connectivity index (χ0) is 22.1. The normalized spacial score (nSPS) is 23.0. The summed E-state index contributed by atoms with van der Waals surface area (Å²) in [6.07, 6.45) is 7.40. The highest BCUT2D eigenvalue weighted by Gasteiger charge is 2.45. The molecule has 32 heavy (non-hydrogen) atoms. The van der Waals surface area contributed by atoms with E-state index >= 15 is 0 Å². The highest BCUT2D eigenvalue weighted by molar-refractivity contribution is 5.93. The van der Waals surface area contributed by atoms with Crippen LogP contribution in [0.2, 0.25) is 0 Å². The van der Waals surface area contributed by atoms with Crippen LogP contribution in [-0.2, 0) is 9.47 Å². The van der Waals surface area contributed by atoms with Crippen molar-refractivity contribution in [3.05, 3.63) is 71.7 Å². The van der Waals surface area contributed by atoms with Crippen LogP contribution in [-0.4, -0.2) is 51.6 Å². The number of ether oxygens (including phenoxy) is 2. The van der Waals surface area contributed by atoms with E-state index in [1.165, 1.54) is 5.56 Å². The molecule has 2 aliphatic heterocycles. The van der Waals surface area contributed by atoms with Gasteiger partial charge in [-0.3, -0.25) is 4.79 Å². The van der Waals surface area contributed by atoms with Gasteiger partial charge in [0.25, 0.3) is 5.91 Å². The van der Waals surface area contributed by atoms with Gasteiger partial charge in [-0.25, -0.2) is 4.98 Å². The lowest BCUT2D eigenvalue weighted by molar-refractivity contribution is -0.190. The molecule has 2 aliphatic rings. The summed E-state index contributed by atoms with van der Waals surface area (Å²) in [5.41, 5.74) is 3.40. The van der Waals surface area contributed by atoms with Crippen LogP contribution in [0.1, 0.15) is 60.3 Å². The lowest BCUT2D eigenvalue weighted by atomic mass is 9.80. The number of aromatic nitrogens is 2. The quantitative estimate of drug-likeness (QED) is 0.605. The Hall–Kier alpha value is -2.70. The van der Waals surface area contributed by atoms with E-state index < -0.39 is 0 Å². The monoisotopic (exact) mass is 433 g/mol. The number of carbonyl (C=O) groups excluding carboxylic acids is 1. The molecule has 2 saturated heterocycles. The third kappa shape index (κ3) is 4.17. The number of piperidine rings is 1. The van der Waals surface area contributed by atoms with E-state index in [9.17, 15) is 4.79 Å². The minimum Gasteiger partial charge on any atom is -0.378 e. The topological polar surface area (TPSA) is 56.1 Å². The molecule has 0 saturated carbocycles. The predicted octanol–water partition coefficient (Wildman–Crippen LogP) is 4.57. The fourth-order valence-electron chi connectivity index (χ4n) is 5.16. The van der Waals surface area contributed by atoms with E-state index in [1.54, 1.807) is 0 Å². The van der Waals surface area contributed by atoms with Crippen molar-refractivity contribution in [3.63, 3.8) is 0 Å². The van der Waals surface area contributed by atoms with Crippen LogP contribution in [0, 0.1) is 6.92 Å². The van der Waals surface area contributed by atoms with Crippen molar-refractivity contribution in [1.29, 1.82) is 0 Å². The third-order valence-corrected chi connectivity index (χ3v) is 6.84. The third-order valence-electron chi connectivity index (χ3n) is 6.84. The fraction of sp³-hybridized carbons (Fsp3) is 0.462. The fourth-order valence-corrected chi connectivity index (χ4v) is 5.16. The minimum atomic E-state index is -0.245. The van der Waals surface area contributed by atoms with Crippen molar-refractivity contribution >= 4 is 11.6 Å². The molecule has 168 valence electrons. The van der Waals surface area contributed by atoms with Crippen molar-refractivity contribution in [1.82, 2.24) is 14.3 Å². The molecular weight excluding hydrogens is 402 g/mol. The molecule has 6 nitrogen and oxygen atoms in total. The number of hydrogen-bond donors (Lipinski definition) is 0. The second kappa shape index (κ2) is 8.68. The van der Waals surface area contributed by atoms with Gasteiger partial charge >= 0.3 is 0 Å². The summed E-state index contributed by atoms with van der Waals surface area (Å²) in [6.45, 7) is 6.14. The van der Waals surface area contributed by atoms with Gasteiger partial charge < -0.3 is 18.8 Å². The van der Waals surface area contributed by atoms with Gasteiger partial charge in [0, 0.05) is 44.9 Å². The second-order valence-corrected chi connectivity index (χ2v) is 9.11. The summed E-state index contributed by atoms with van der Waals surface area (Å²) in [7, 11) is 0. The summed E-state index contributed by atoms with van der Waals surface area (Å²) >= 11 is 0. The van der Waals surface area contributed by atoms with Crippen LogP contribution in [0.3, 0.4) is 0 Å². The zero-order valence-corrected chi connectivity index (χ0v) is 18.9. The van der Waals surface area contributed by atoms with Gasteiger partial charge in [0.05, 0.1) is 17.8 Å². The average Bonchev–Trinajstić information content (AvgIpc) is 3.23. The maximum Gasteiger partial charge on any atom is 0.274 e. The van der Waals surface area contributed by atoms with Crippen LogP contribution in [0.15, 0.2) is 54.9 Å². The Morgan fingerprint density at radius 3 is 2.75 bits per heavy atom. The van der Waals surface area contributed by atoms with Crippen molar-refractivity contribution in [2.24, 2.45) is 0 Å². The average molecular weight is 434 g/mol. The summed E-state index contributed by atoms with van der Waals surface area (Å²) in [5, 5.41) is 0. The first-order chi connectivity index (χ1) is 15.5. The molecule has 5 rings (SSSR count). The number of nitrogens with zero attached hydrogens (tertiary/aromatic N) is 3. The van der Waals surface area contributed by atoms with E-state index in [0.29, 0.717) is 25.4 Å². The Kier molecular flexibility index (Phi) is 5.74. The van der Waals surface area contributed by atoms with Gasteiger partial charge in [0.2, 0.25) is 0 Å². The molecule has 0 bridgehead atoms. The highest BCUT2D eigenvalue weighted by Crippen LogP contribution is 2.44. The van der Waals surface area contributed by atoms with E-state index in [2.05, 4.69) is 36.2 Å². The number of fused-ring (bicyclic) bond motifs is 1. The minimum absolute atomic E-state index is 0.00187. The Labute approximate surface area is 189 Å².